The molecule has 1 saturated carbocycles. The molecule has 1 N–H and O–H groups in total. The second kappa shape index (κ2) is 10.9. The van der Waals surface area contributed by atoms with Crippen molar-refractivity contribution in [3.63, 3.8) is 0 Å². The van der Waals surface area contributed by atoms with E-state index in [1.54, 1.807) is 23.1 Å². The monoisotopic (exact) mass is 520 g/mol. The minimum atomic E-state index is -3.21. The standard InChI is InChI=1S/C27H37ClN2O4S/c1-26(2,3)34-25(31)30(4)27(21-9-7-10-22(28)19-21)15-12-23(13-16-27)29-17-14-20-8-6-11-24(18-20)35(5,32)33/h6-11,18-19,23,29H,12-17H2,1-5H3. The van der Waals surface area contributed by atoms with Crippen LogP contribution < -0.4 is 5.32 Å². The van der Waals surface area contributed by atoms with Crippen LogP contribution in [0.2, 0.25) is 5.02 Å². The topological polar surface area (TPSA) is 75.7 Å². The van der Waals surface area contributed by atoms with E-state index in [0.717, 1.165) is 49.8 Å². The number of hydrogen-bond acceptors (Lipinski definition) is 5. The third kappa shape index (κ3) is 7.21. The average molecular weight is 521 g/mol. The zero-order valence-corrected chi connectivity index (χ0v) is 22.9. The fraction of sp³-hybridized carbons (Fsp3) is 0.519. The van der Waals surface area contributed by atoms with Crippen molar-refractivity contribution in [1.82, 2.24) is 10.2 Å². The van der Waals surface area contributed by atoms with Gasteiger partial charge in [0.2, 0.25) is 0 Å². The molecule has 0 bridgehead atoms. The molecule has 1 aliphatic rings. The summed E-state index contributed by atoms with van der Waals surface area (Å²) in [6, 6.07) is 15.2. The fourth-order valence-electron chi connectivity index (χ4n) is 4.75. The number of nitrogens with one attached hydrogen (secondary N) is 1. The highest BCUT2D eigenvalue weighted by atomic mass is 35.5. The summed E-state index contributed by atoms with van der Waals surface area (Å²) in [7, 11) is -1.40. The molecule has 192 valence electrons. The Kier molecular flexibility index (Phi) is 8.56. The molecule has 6 nitrogen and oxygen atoms in total. The minimum absolute atomic E-state index is 0.312. The van der Waals surface area contributed by atoms with Gasteiger partial charge in [-0.1, -0.05) is 35.9 Å². The van der Waals surface area contributed by atoms with Gasteiger partial charge in [0.05, 0.1) is 10.4 Å². The lowest BCUT2D eigenvalue weighted by Gasteiger charge is -2.47. The van der Waals surface area contributed by atoms with Crippen LogP contribution in [0.5, 0.6) is 0 Å². The Balaban J connectivity index is 1.68. The highest BCUT2D eigenvalue weighted by Gasteiger charge is 2.43. The first-order valence-corrected chi connectivity index (χ1v) is 14.3. The number of nitrogens with zero attached hydrogens (tertiary/aromatic N) is 1. The lowest BCUT2D eigenvalue weighted by atomic mass is 9.74. The molecule has 3 rings (SSSR count). The number of rotatable bonds is 7. The molecular weight excluding hydrogens is 484 g/mol. The summed E-state index contributed by atoms with van der Waals surface area (Å²) in [6.07, 6.45) is 4.99. The van der Waals surface area contributed by atoms with Gasteiger partial charge in [0.1, 0.15) is 5.60 Å². The van der Waals surface area contributed by atoms with Crippen LogP contribution in [0.15, 0.2) is 53.4 Å². The molecule has 1 aliphatic carbocycles. The van der Waals surface area contributed by atoms with Gasteiger partial charge in [-0.3, -0.25) is 0 Å². The van der Waals surface area contributed by atoms with Gasteiger partial charge in [0, 0.05) is 24.4 Å². The van der Waals surface area contributed by atoms with Gasteiger partial charge in [-0.05, 0) is 94.8 Å². The van der Waals surface area contributed by atoms with Crippen LogP contribution in [0.4, 0.5) is 4.79 Å². The molecule has 35 heavy (non-hydrogen) atoms. The predicted octanol–water partition coefficient (Wildman–Crippen LogP) is 5.58. The zero-order valence-electron chi connectivity index (χ0n) is 21.3. The lowest BCUT2D eigenvalue weighted by Crippen LogP contribution is -2.52. The fourth-order valence-corrected chi connectivity index (χ4v) is 5.63. The van der Waals surface area contributed by atoms with Crippen molar-refractivity contribution in [3.05, 3.63) is 64.7 Å². The Hall–Kier alpha value is -2.09. The second-order valence-corrected chi connectivity index (χ2v) is 12.9. The summed E-state index contributed by atoms with van der Waals surface area (Å²) < 4.78 is 29.3. The number of halogens is 1. The Morgan fingerprint density at radius 3 is 2.40 bits per heavy atom. The van der Waals surface area contributed by atoms with E-state index < -0.39 is 21.0 Å². The Morgan fingerprint density at radius 1 is 1.14 bits per heavy atom. The minimum Gasteiger partial charge on any atom is -0.444 e. The summed E-state index contributed by atoms with van der Waals surface area (Å²) >= 11 is 6.33. The molecule has 0 aromatic heterocycles. The number of carbonyl (C=O) groups excluding carboxylic acids is 1. The number of carbonyl (C=O) groups is 1. The highest BCUT2D eigenvalue weighted by Crippen LogP contribution is 2.43. The maximum absolute atomic E-state index is 13.0. The number of amides is 1. The smallest absolute Gasteiger partial charge is 0.410 e. The van der Waals surface area contributed by atoms with Gasteiger partial charge in [-0.25, -0.2) is 13.2 Å². The lowest BCUT2D eigenvalue weighted by molar-refractivity contribution is -0.00780. The van der Waals surface area contributed by atoms with Crippen molar-refractivity contribution in [2.75, 3.05) is 19.8 Å². The molecular formula is C27H37ClN2O4S. The predicted molar refractivity (Wildman–Crippen MR) is 141 cm³/mol. The van der Waals surface area contributed by atoms with Crippen LogP contribution >= 0.6 is 11.6 Å². The van der Waals surface area contributed by atoms with Crippen molar-refractivity contribution in [2.24, 2.45) is 0 Å². The van der Waals surface area contributed by atoms with Crippen molar-refractivity contribution in [2.45, 2.75) is 75.0 Å². The Morgan fingerprint density at radius 2 is 1.80 bits per heavy atom. The second-order valence-electron chi connectivity index (χ2n) is 10.5. The van der Waals surface area contributed by atoms with Crippen LogP contribution in [-0.4, -0.2) is 50.9 Å². The third-order valence-electron chi connectivity index (χ3n) is 6.66. The van der Waals surface area contributed by atoms with Gasteiger partial charge in [0.15, 0.2) is 9.84 Å². The van der Waals surface area contributed by atoms with Gasteiger partial charge in [-0.2, -0.15) is 0 Å². The van der Waals surface area contributed by atoms with E-state index in [1.165, 1.54) is 6.26 Å². The molecule has 0 unspecified atom stereocenters. The van der Waals surface area contributed by atoms with E-state index >= 15 is 0 Å². The van der Waals surface area contributed by atoms with Crippen LogP contribution in [0.1, 0.15) is 57.6 Å². The Bertz CT molecular complexity index is 1140. The van der Waals surface area contributed by atoms with Crippen molar-refractivity contribution in [3.8, 4) is 0 Å². The van der Waals surface area contributed by atoms with E-state index in [4.69, 9.17) is 16.3 Å². The Labute approximate surface area is 214 Å². The van der Waals surface area contributed by atoms with Crippen LogP contribution in [-0.2, 0) is 26.5 Å². The largest absolute Gasteiger partial charge is 0.444 e. The van der Waals surface area contributed by atoms with Crippen LogP contribution in [0.3, 0.4) is 0 Å². The molecule has 0 aliphatic heterocycles. The first-order valence-electron chi connectivity index (χ1n) is 12.1. The number of benzene rings is 2. The average Bonchev–Trinajstić information content (AvgIpc) is 2.78. The van der Waals surface area contributed by atoms with Gasteiger partial charge < -0.3 is 15.0 Å². The molecule has 8 heteroatoms. The summed E-state index contributed by atoms with van der Waals surface area (Å²) in [6.45, 7) is 6.37. The number of sulfone groups is 1. The third-order valence-corrected chi connectivity index (χ3v) is 8.00. The van der Waals surface area contributed by atoms with Crippen molar-refractivity contribution in [1.29, 1.82) is 0 Å². The summed E-state index contributed by atoms with van der Waals surface area (Å²) in [4.78, 5) is 15.1. The van der Waals surface area contributed by atoms with Crippen molar-refractivity contribution >= 4 is 27.5 Å². The first kappa shape index (κ1) is 27.5. The summed E-state index contributed by atoms with van der Waals surface area (Å²) in [5.74, 6) is 0. The van der Waals surface area contributed by atoms with E-state index in [2.05, 4.69) is 5.32 Å². The van der Waals surface area contributed by atoms with E-state index in [0.29, 0.717) is 16.0 Å². The molecule has 0 radical (unpaired) electrons. The van der Waals surface area contributed by atoms with Gasteiger partial charge in [-0.15, -0.1) is 0 Å². The number of hydrogen-bond donors (Lipinski definition) is 1. The highest BCUT2D eigenvalue weighted by molar-refractivity contribution is 7.90. The van der Waals surface area contributed by atoms with E-state index in [9.17, 15) is 13.2 Å². The van der Waals surface area contributed by atoms with Gasteiger partial charge >= 0.3 is 6.09 Å². The molecule has 1 amide bonds. The van der Waals surface area contributed by atoms with Crippen LogP contribution in [0.25, 0.3) is 0 Å². The van der Waals surface area contributed by atoms with E-state index in [-0.39, 0.29) is 6.09 Å². The summed E-state index contributed by atoms with van der Waals surface area (Å²) in [5.41, 5.74) is 0.951. The molecule has 0 atom stereocenters. The quantitative estimate of drug-likeness (QED) is 0.515. The van der Waals surface area contributed by atoms with Crippen molar-refractivity contribution < 1.29 is 17.9 Å². The van der Waals surface area contributed by atoms with Crippen LogP contribution in [0, 0.1) is 0 Å². The molecule has 0 spiro atoms. The normalized spacial score (nSPS) is 20.9. The SMILES string of the molecule is CN(C(=O)OC(C)(C)C)C1(c2cccc(Cl)c2)CCC(NCCc2cccc(S(C)(=O)=O)c2)CC1. The van der Waals surface area contributed by atoms with Gasteiger partial charge in [0.25, 0.3) is 0 Å². The molecule has 0 heterocycles. The number of ether oxygens (including phenoxy) is 1. The molecule has 2 aromatic carbocycles. The van der Waals surface area contributed by atoms with E-state index in [1.807, 2.05) is 58.2 Å². The molecule has 1 fully saturated rings. The first-order chi connectivity index (χ1) is 16.3. The zero-order chi connectivity index (χ0) is 25.9. The summed E-state index contributed by atoms with van der Waals surface area (Å²) in [5, 5.41) is 4.27. The maximum atomic E-state index is 13.0. The maximum Gasteiger partial charge on any atom is 0.410 e. The molecule has 0 saturated heterocycles. The molecule has 2 aromatic rings.